The molecule has 0 aromatic carbocycles. The van der Waals surface area contributed by atoms with Gasteiger partial charge in [-0.15, -0.1) is 6.58 Å². The predicted molar refractivity (Wildman–Crippen MR) is 51.2 cm³/mol. The van der Waals surface area contributed by atoms with Crippen molar-refractivity contribution in [2.75, 3.05) is 0 Å². The molecule has 1 N–H and O–H groups in total. The predicted octanol–water partition coefficient (Wildman–Crippen LogP) is 0.978. The van der Waals surface area contributed by atoms with Crippen molar-refractivity contribution in [2.45, 2.75) is 32.9 Å². The molecule has 0 aromatic rings. The van der Waals surface area contributed by atoms with E-state index in [1.165, 1.54) is 6.92 Å². The Kier molecular flexibility index (Phi) is 2.93. The molecule has 1 saturated heterocycles. The topological polar surface area (TPSA) is 55.4 Å². The van der Waals surface area contributed by atoms with Crippen LogP contribution in [-0.2, 0) is 14.3 Å². The number of nitrogens with one attached hydrogen (secondary N) is 1. The minimum atomic E-state index is -0.590. The van der Waals surface area contributed by atoms with Crippen LogP contribution in [0.3, 0.4) is 0 Å². The van der Waals surface area contributed by atoms with Gasteiger partial charge in [-0.1, -0.05) is 13.0 Å². The fourth-order valence-corrected chi connectivity index (χ4v) is 1.70. The van der Waals surface area contributed by atoms with Crippen LogP contribution in [0.5, 0.6) is 0 Å². The molecule has 1 fully saturated rings. The van der Waals surface area contributed by atoms with Gasteiger partial charge in [0.25, 0.3) is 0 Å². The normalized spacial score (nSPS) is 30.1. The lowest BCUT2D eigenvalue weighted by Crippen LogP contribution is -2.68. The number of hydrogen-bond donors (Lipinski definition) is 1. The summed E-state index contributed by atoms with van der Waals surface area (Å²) in [5.41, 5.74) is -0.590. The van der Waals surface area contributed by atoms with Crippen molar-refractivity contribution in [2.24, 2.45) is 5.41 Å². The van der Waals surface area contributed by atoms with Gasteiger partial charge >= 0.3 is 5.97 Å². The van der Waals surface area contributed by atoms with E-state index in [0.29, 0.717) is 12.8 Å². The highest BCUT2D eigenvalue weighted by Gasteiger charge is 2.55. The van der Waals surface area contributed by atoms with E-state index in [9.17, 15) is 9.59 Å². The molecular weight excluding hydrogens is 182 g/mol. The molecule has 1 aliphatic heterocycles. The Morgan fingerprint density at radius 1 is 1.79 bits per heavy atom. The van der Waals surface area contributed by atoms with Crippen LogP contribution >= 0.6 is 0 Å². The molecule has 1 rings (SSSR count). The van der Waals surface area contributed by atoms with Crippen molar-refractivity contribution < 1.29 is 14.3 Å². The largest absolute Gasteiger partial charge is 0.441 e. The van der Waals surface area contributed by atoms with Crippen LogP contribution < -0.4 is 5.32 Å². The van der Waals surface area contributed by atoms with Gasteiger partial charge in [-0.25, -0.2) is 0 Å². The average molecular weight is 197 g/mol. The fraction of sp³-hybridized carbons (Fsp3) is 0.600. The maximum atomic E-state index is 11.4. The number of amides is 1. The number of β-lactam (4-membered cyclic amide) rings is 1. The first-order valence-corrected chi connectivity index (χ1v) is 4.66. The number of ether oxygens (including phenoxy) is 1. The smallest absolute Gasteiger partial charge is 0.304 e. The minimum Gasteiger partial charge on any atom is -0.441 e. The molecule has 78 valence electrons. The van der Waals surface area contributed by atoms with Crippen LogP contribution in [-0.4, -0.2) is 18.1 Å². The van der Waals surface area contributed by atoms with Gasteiger partial charge in [-0.3, -0.25) is 9.59 Å². The average Bonchev–Trinajstić information content (AvgIpc) is 2.12. The Morgan fingerprint density at radius 3 is 2.79 bits per heavy atom. The van der Waals surface area contributed by atoms with Gasteiger partial charge in [0.1, 0.15) is 5.41 Å². The second kappa shape index (κ2) is 3.82. The molecule has 0 bridgehead atoms. The first-order chi connectivity index (χ1) is 6.56. The maximum absolute atomic E-state index is 11.4. The van der Waals surface area contributed by atoms with Gasteiger partial charge in [0.2, 0.25) is 5.91 Å². The lowest BCUT2D eigenvalue weighted by atomic mass is 9.73. The van der Waals surface area contributed by atoms with E-state index >= 15 is 0 Å². The second-order valence-corrected chi connectivity index (χ2v) is 3.47. The molecule has 1 amide bonds. The maximum Gasteiger partial charge on any atom is 0.304 e. The highest BCUT2D eigenvalue weighted by Crippen LogP contribution is 2.39. The number of carbonyl (C=O) groups excluding carboxylic acids is 2. The zero-order chi connectivity index (χ0) is 10.8. The highest BCUT2D eigenvalue weighted by molar-refractivity contribution is 5.90. The monoisotopic (exact) mass is 197 g/mol. The fourth-order valence-electron chi connectivity index (χ4n) is 1.70. The zero-order valence-corrected chi connectivity index (χ0v) is 8.50. The van der Waals surface area contributed by atoms with E-state index in [0.717, 1.165) is 0 Å². The molecule has 1 unspecified atom stereocenters. The number of carbonyl (C=O) groups is 2. The van der Waals surface area contributed by atoms with Crippen LogP contribution in [0.15, 0.2) is 12.7 Å². The van der Waals surface area contributed by atoms with Gasteiger partial charge < -0.3 is 10.1 Å². The summed E-state index contributed by atoms with van der Waals surface area (Å²) in [5.74, 6) is -0.442. The zero-order valence-electron chi connectivity index (χ0n) is 8.50. The molecule has 1 heterocycles. The molecule has 14 heavy (non-hydrogen) atoms. The highest BCUT2D eigenvalue weighted by atomic mass is 16.6. The molecule has 4 heteroatoms. The quantitative estimate of drug-likeness (QED) is 0.415. The van der Waals surface area contributed by atoms with Crippen LogP contribution in [0.1, 0.15) is 26.7 Å². The third-order valence-corrected chi connectivity index (χ3v) is 2.64. The first kappa shape index (κ1) is 10.8. The van der Waals surface area contributed by atoms with Gasteiger partial charge in [0, 0.05) is 6.92 Å². The van der Waals surface area contributed by atoms with Crippen LogP contribution in [0.25, 0.3) is 0 Å². The third kappa shape index (κ3) is 1.52. The molecule has 0 saturated carbocycles. The van der Waals surface area contributed by atoms with Crippen LogP contribution in [0.4, 0.5) is 0 Å². The molecule has 4 nitrogen and oxygen atoms in total. The molecule has 0 aliphatic carbocycles. The molecular formula is C10H15NO3. The Bertz CT molecular complexity index is 275. The van der Waals surface area contributed by atoms with Crippen molar-refractivity contribution in [3.05, 3.63) is 12.7 Å². The van der Waals surface area contributed by atoms with Crippen molar-refractivity contribution in [1.82, 2.24) is 5.32 Å². The van der Waals surface area contributed by atoms with Crippen molar-refractivity contribution in [1.29, 1.82) is 0 Å². The number of rotatable bonds is 4. The Balaban J connectivity index is 2.74. The molecule has 2 atom stereocenters. The Morgan fingerprint density at radius 2 is 2.43 bits per heavy atom. The molecule has 0 spiro atoms. The summed E-state index contributed by atoms with van der Waals surface area (Å²) in [4.78, 5) is 22.2. The van der Waals surface area contributed by atoms with Crippen LogP contribution in [0.2, 0.25) is 0 Å². The summed E-state index contributed by atoms with van der Waals surface area (Å²) >= 11 is 0. The van der Waals surface area contributed by atoms with E-state index in [-0.39, 0.29) is 11.9 Å². The molecule has 1 aliphatic rings. The summed E-state index contributed by atoms with van der Waals surface area (Å²) in [6, 6.07) is 0. The van der Waals surface area contributed by atoms with E-state index in [1.807, 2.05) is 6.92 Å². The first-order valence-electron chi connectivity index (χ1n) is 4.66. The lowest BCUT2D eigenvalue weighted by Gasteiger charge is -2.46. The van der Waals surface area contributed by atoms with E-state index in [2.05, 4.69) is 11.9 Å². The number of allylic oxidation sites excluding steroid dienone is 1. The number of esters is 1. The van der Waals surface area contributed by atoms with Gasteiger partial charge in [0.05, 0.1) is 0 Å². The summed E-state index contributed by atoms with van der Waals surface area (Å²) in [6.45, 7) is 6.84. The molecule has 0 aromatic heterocycles. The van der Waals surface area contributed by atoms with Gasteiger partial charge in [-0.2, -0.15) is 0 Å². The van der Waals surface area contributed by atoms with Crippen molar-refractivity contribution in [3.63, 3.8) is 0 Å². The Labute approximate surface area is 83.3 Å². The lowest BCUT2D eigenvalue weighted by molar-refractivity contribution is -0.182. The minimum absolute atomic E-state index is 0.0637. The third-order valence-electron chi connectivity index (χ3n) is 2.64. The Hall–Kier alpha value is -1.32. The van der Waals surface area contributed by atoms with Crippen molar-refractivity contribution in [3.8, 4) is 0 Å². The van der Waals surface area contributed by atoms with Crippen molar-refractivity contribution >= 4 is 11.9 Å². The summed E-state index contributed by atoms with van der Waals surface area (Å²) in [7, 11) is 0. The second-order valence-electron chi connectivity index (χ2n) is 3.47. The molecule has 0 radical (unpaired) electrons. The number of hydrogen-bond acceptors (Lipinski definition) is 3. The van der Waals surface area contributed by atoms with Gasteiger partial charge in [0.15, 0.2) is 6.23 Å². The van der Waals surface area contributed by atoms with E-state index in [1.54, 1.807) is 6.08 Å². The van der Waals surface area contributed by atoms with E-state index in [4.69, 9.17) is 4.74 Å². The summed E-state index contributed by atoms with van der Waals surface area (Å²) in [5, 5.41) is 2.57. The van der Waals surface area contributed by atoms with Gasteiger partial charge in [-0.05, 0) is 12.8 Å². The summed E-state index contributed by atoms with van der Waals surface area (Å²) < 4.78 is 5.00. The van der Waals surface area contributed by atoms with Crippen LogP contribution in [0, 0.1) is 5.41 Å². The van der Waals surface area contributed by atoms with E-state index < -0.39 is 11.6 Å². The SMILES string of the molecule is C=CC[C@@]1(CC)C(=O)NC1OC(C)=O. The standard InChI is InChI=1S/C10H15NO3/c1-4-6-10(5-2)8(13)11-9(10)14-7(3)12/h4,9H,1,5-6H2,2-3H3,(H,11,13)/t9?,10-/m0/s1. The summed E-state index contributed by atoms with van der Waals surface area (Å²) in [6.07, 6.45) is 2.37.